The van der Waals surface area contributed by atoms with Crippen LogP contribution in [0.2, 0.25) is 0 Å². The molecule has 0 aromatic heterocycles. The van der Waals surface area contributed by atoms with Gasteiger partial charge in [0.2, 0.25) is 0 Å². The second-order valence-corrected chi connectivity index (χ2v) is 5.75. The van der Waals surface area contributed by atoms with E-state index in [0.717, 1.165) is 28.7 Å². The lowest BCUT2D eigenvalue weighted by Crippen LogP contribution is -2.35. The highest BCUT2D eigenvalue weighted by Gasteiger charge is 2.33. The standard InChI is InChI=1S/C19H18O2/c1-2-11-19(21)12-10-15-8-9-16(18(20)17(15)13-19)14-6-4-3-5-7-14/h1,3-9,20-21H,10-13H2. The molecule has 0 spiro atoms. The first-order chi connectivity index (χ1) is 10.1. The molecule has 0 bridgehead atoms. The van der Waals surface area contributed by atoms with Crippen LogP contribution in [0.1, 0.15) is 24.0 Å². The van der Waals surface area contributed by atoms with Gasteiger partial charge in [0.1, 0.15) is 5.75 Å². The topological polar surface area (TPSA) is 40.5 Å². The normalized spacial score (nSPS) is 20.6. The minimum atomic E-state index is -0.894. The molecular weight excluding hydrogens is 260 g/mol. The Kier molecular flexibility index (Phi) is 3.45. The number of fused-ring (bicyclic) bond motifs is 1. The zero-order valence-corrected chi connectivity index (χ0v) is 11.8. The number of terminal acetylenes is 1. The Labute approximate surface area is 125 Å². The summed E-state index contributed by atoms with van der Waals surface area (Å²) in [6.45, 7) is 0. The molecule has 3 rings (SSSR count). The van der Waals surface area contributed by atoms with Gasteiger partial charge in [0.25, 0.3) is 0 Å². The van der Waals surface area contributed by atoms with E-state index in [1.54, 1.807) is 0 Å². The van der Waals surface area contributed by atoms with Gasteiger partial charge >= 0.3 is 0 Å². The van der Waals surface area contributed by atoms with Crippen LogP contribution in [0.5, 0.6) is 5.75 Å². The third-order valence-electron chi connectivity index (χ3n) is 4.26. The molecule has 2 aromatic carbocycles. The van der Waals surface area contributed by atoms with E-state index in [0.29, 0.717) is 19.3 Å². The quantitative estimate of drug-likeness (QED) is 0.827. The summed E-state index contributed by atoms with van der Waals surface area (Å²) in [4.78, 5) is 0. The van der Waals surface area contributed by atoms with Crippen LogP contribution < -0.4 is 0 Å². The summed E-state index contributed by atoms with van der Waals surface area (Å²) >= 11 is 0. The zero-order valence-electron chi connectivity index (χ0n) is 11.8. The first kappa shape index (κ1) is 13.7. The van der Waals surface area contributed by atoms with Crippen molar-refractivity contribution in [3.63, 3.8) is 0 Å². The Morgan fingerprint density at radius 1 is 1.14 bits per heavy atom. The molecule has 2 nitrogen and oxygen atoms in total. The fraction of sp³-hybridized carbons (Fsp3) is 0.263. The lowest BCUT2D eigenvalue weighted by atomic mass is 9.77. The van der Waals surface area contributed by atoms with Crippen LogP contribution >= 0.6 is 0 Å². The lowest BCUT2D eigenvalue weighted by molar-refractivity contribution is 0.0308. The average Bonchev–Trinajstić information content (AvgIpc) is 2.49. The van der Waals surface area contributed by atoms with Crippen LogP contribution in [0.15, 0.2) is 42.5 Å². The number of aryl methyl sites for hydroxylation is 1. The van der Waals surface area contributed by atoms with Gasteiger partial charge in [-0.2, -0.15) is 0 Å². The van der Waals surface area contributed by atoms with Crippen molar-refractivity contribution in [2.24, 2.45) is 0 Å². The second-order valence-electron chi connectivity index (χ2n) is 5.75. The van der Waals surface area contributed by atoms with E-state index in [-0.39, 0.29) is 5.75 Å². The number of hydrogen-bond donors (Lipinski definition) is 2. The summed E-state index contributed by atoms with van der Waals surface area (Å²) < 4.78 is 0. The Balaban J connectivity index is 2.05. The maximum absolute atomic E-state index is 10.6. The van der Waals surface area contributed by atoms with Gasteiger partial charge in [-0.3, -0.25) is 0 Å². The van der Waals surface area contributed by atoms with Gasteiger partial charge in [0.05, 0.1) is 5.60 Å². The molecule has 0 fully saturated rings. The predicted octanol–water partition coefficient (Wildman–Crippen LogP) is 3.30. The molecule has 0 radical (unpaired) electrons. The van der Waals surface area contributed by atoms with Gasteiger partial charge in [-0.15, -0.1) is 12.3 Å². The molecule has 2 aromatic rings. The largest absolute Gasteiger partial charge is 0.507 e. The van der Waals surface area contributed by atoms with E-state index in [1.807, 2.05) is 42.5 Å². The number of hydrogen-bond acceptors (Lipinski definition) is 2. The van der Waals surface area contributed by atoms with Gasteiger partial charge in [0.15, 0.2) is 0 Å². The molecule has 1 atom stereocenters. The van der Waals surface area contributed by atoms with E-state index >= 15 is 0 Å². The molecule has 0 heterocycles. The highest BCUT2D eigenvalue weighted by molar-refractivity contribution is 5.73. The molecule has 1 aliphatic rings. The SMILES string of the molecule is C#CCC1(O)CCc2ccc(-c3ccccc3)c(O)c2C1. The fourth-order valence-electron chi connectivity index (χ4n) is 3.09. The summed E-state index contributed by atoms with van der Waals surface area (Å²) in [7, 11) is 0. The summed E-state index contributed by atoms with van der Waals surface area (Å²) in [6, 6.07) is 13.8. The van der Waals surface area contributed by atoms with Gasteiger partial charge in [-0.1, -0.05) is 42.5 Å². The summed E-state index contributed by atoms with van der Waals surface area (Å²) in [5.41, 5.74) is 2.83. The monoisotopic (exact) mass is 278 g/mol. The van der Waals surface area contributed by atoms with Gasteiger partial charge in [-0.05, 0) is 24.0 Å². The van der Waals surface area contributed by atoms with Crippen LogP contribution in [0.25, 0.3) is 11.1 Å². The number of aliphatic hydroxyl groups is 1. The molecule has 0 saturated carbocycles. The molecule has 106 valence electrons. The maximum Gasteiger partial charge on any atom is 0.126 e. The zero-order chi connectivity index (χ0) is 14.9. The maximum atomic E-state index is 10.6. The highest BCUT2D eigenvalue weighted by atomic mass is 16.3. The van der Waals surface area contributed by atoms with E-state index in [9.17, 15) is 10.2 Å². The van der Waals surface area contributed by atoms with Crippen molar-refractivity contribution in [2.45, 2.75) is 31.3 Å². The molecule has 21 heavy (non-hydrogen) atoms. The average molecular weight is 278 g/mol. The molecule has 0 amide bonds. The predicted molar refractivity (Wildman–Crippen MR) is 84.0 cm³/mol. The van der Waals surface area contributed by atoms with Crippen molar-refractivity contribution in [1.82, 2.24) is 0 Å². The number of phenols is 1. The van der Waals surface area contributed by atoms with E-state index in [2.05, 4.69) is 5.92 Å². The van der Waals surface area contributed by atoms with Crippen LogP contribution in [0.3, 0.4) is 0 Å². The number of benzene rings is 2. The molecule has 0 aliphatic heterocycles. The van der Waals surface area contributed by atoms with Crippen LogP contribution in [0.4, 0.5) is 0 Å². The second kappa shape index (κ2) is 5.27. The molecular formula is C19H18O2. The first-order valence-corrected chi connectivity index (χ1v) is 7.18. The van der Waals surface area contributed by atoms with Crippen molar-refractivity contribution < 1.29 is 10.2 Å². The molecule has 2 heteroatoms. The molecule has 2 N–H and O–H groups in total. The molecule has 1 aliphatic carbocycles. The van der Waals surface area contributed by atoms with E-state index in [1.165, 1.54) is 0 Å². The summed E-state index contributed by atoms with van der Waals surface area (Å²) in [5.74, 6) is 2.81. The Bertz CT molecular complexity index is 697. The third kappa shape index (κ3) is 2.53. The fourth-order valence-corrected chi connectivity index (χ4v) is 3.09. The van der Waals surface area contributed by atoms with Crippen molar-refractivity contribution >= 4 is 0 Å². The third-order valence-corrected chi connectivity index (χ3v) is 4.26. The summed E-state index contributed by atoms with van der Waals surface area (Å²) in [6.07, 6.45) is 7.48. The number of phenolic OH excluding ortho intramolecular Hbond substituents is 1. The van der Waals surface area contributed by atoms with Gasteiger partial charge in [0, 0.05) is 24.0 Å². The van der Waals surface area contributed by atoms with E-state index < -0.39 is 5.60 Å². The van der Waals surface area contributed by atoms with Crippen molar-refractivity contribution in [3.8, 4) is 29.2 Å². The minimum Gasteiger partial charge on any atom is -0.507 e. The van der Waals surface area contributed by atoms with Crippen LogP contribution in [0, 0.1) is 12.3 Å². The lowest BCUT2D eigenvalue weighted by Gasteiger charge is -2.33. The highest BCUT2D eigenvalue weighted by Crippen LogP contribution is 2.40. The van der Waals surface area contributed by atoms with Gasteiger partial charge in [-0.25, -0.2) is 0 Å². The Morgan fingerprint density at radius 2 is 1.90 bits per heavy atom. The van der Waals surface area contributed by atoms with Crippen molar-refractivity contribution in [1.29, 1.82) is 0 Å². The summed E-state index contributed by atoms with van der Waals surface area (Å²) in [5, 5.41) is 21.2. The van der Waals surface area contributed by atoms with Crippen molar-refractivity contribution in [2.75, 3.05) is 0 Å². The van der Waals surface area contributed by atoms with Gasteiger partial charge < -0.3 is 10.2 Å². The number of aromatic hydroxyl groups is 1. The Hall–Kier alpha value is -2.24. The smallest absolute Gasteiger partial charge is 0.126 e. The minimum absolute atomic E-state index is 0.272. The van der Waals surface area contributed by atoms with E-state index in [4.69, 9.17) is 6.42 Å². The van der Waals surface area contributed by atoms with Crippen LogP contribution in [-0.4, -0.2) is 15.8 Å². The van der Waals surface area contributed by atoms with Crippen molar-refractivity contribution in [3.05, 3.63) is 53.6 Å². The Morgan fingerprint density at radius 3 is 2.62 bits per heavy atom. The number of rotatable bonds is 2. The first-order valence-electron chi connectivity index (χ1n) is 7.18. The molecule has 1 unspecified atom stereocenters. The molecule has 0 saturated heterocycles. The van der Waals surface area contributed by atoms with Crippen LogP contribution in [-0.2, 0) is 12.8 Å².